The first-order valence-corrected chi connectivity index (χ1v) is 10.0. The molecule has 4 rings (SSSR count). The smallest absolute Gasteiger partial charge is 0.310 e. The zero-order valence-corrected chi connectivity index (χ0v) is 16.5. The van der Waals surface area contributed by atoms with E-state index in [9.17, 15) is 9.90 Å². The number of carbonyl (C=O) groups is 1. The van der Waals surface area contributed by atoms with Gasteiger partial charge >= 0.3 is 5.97 Å². The number of esters is 1. The lowest BCUT2D eigenvalue weighted by atomic mass is 9.49. The first-order valence-electron chi connectivity index (χ1n) is 10.0. The lowest BCUT2D eigenvalue weighted by Crippen LogP contribution is -2.69. The van der Waals surface area contributed by atoms with E-state index in [0.717, 1.165) is 25.0 Å². The maximum Gasteiger partial charge on any atom is 0.310 e. The number of furan rings is 1. The summed E-state index contributed by atoms with van der Waals surface area (Å²) in [4.78, 5) is 12.6. The average molecular weight is 377 g/mol. The molecule has 1 aromatic heterocycles. The molecule has 0 amide bonds. The fourth-order valence-corrected chi connectivity index (χ4v) is 5.88. The lowest BCUT2D eigenvalue weighted by Gasteiger charge is -2.62. The number of nitrogens with one attached hydrogen (secondary N) is 1. The minimum absolute atomic E-state index is 0.00671. The molecule has 0 unspecified atom stereocenters. The molecule has 1 saturated heterocycles. The van der Waals surface area contributed by atoms with Crippen molar-refractivity contribution < 1.29 is 23.8 Å². The van der Waals surface area contributed by atoms with Crippen molar-refractivity contribution in [3.8, 4) is 0 Å². The normalized spacial score (nSPS) is 43.9. The molecule has 6 heteroatoms. The first-order chi connectivity index (χ1) is 12.8. The van der Waals surface area contributed by atoms with Crippen molar-refractivity contribution in [2.45, 2.75) is 69.8 Å². The Bertz CT molecular complexity index is 691. The van der Waals surface area contributed by atoms with Gasteiger partial charge in [-0.05, 0) is 51.2 Å². The van der Waals surface area contributed by atoms with E-state index in [1.165, 1.54) is 0 Å². The Labute approximate surface area is 160 Å². The Morgan fingerprint density at radius 3 is 2.85 bits per heavy atom. The molecular weight excluding hydrogens is 346 g/mol. The van der Waals surface area contributed by atoms with E-state index in [4.69, 9.17) is 13.9 Å². The Morgan fingerprint density at radius 2 is 2.15 bits per heavy atom. The van der Waals surface area contributed by atoms with Crippen molar-refractivity contribution in [2.75, 3.05) is 13.7 Å². The zero-order chi connectivity index (χ0) is 19.3. The Morgan fingerprint density at radius 1 is 1.33 bits per heavy atom. The molecule has 2 saturated carbocycles. The Balaban J connectivity index is 1.52. The molecule has 0 bridgehead atoms. The predicted octanol–water partition coefficient (Wildman–Crippen LogP) is 2.65. The maximum absolute atomic E-state index is 12.6. The number of methoxy groups -OCH3 is 1. The molecule has 3 fully saturated rings. The molecule has 2 N–H and O–H groups in total. The highest BCUT2D eigenvalue weighted by molar-refractivity contribution is 5.75. The van der Waals surface area contributed by atoms with Gasteiger partial charge in [-0.3, -0.25) is 4.79 Å². The van der Waals surface area contributed by atoms with Crippen LogP contribution in [0.3, 0.4) is 0 Å². The molecule has 150 valence electrons. The molecule has 0 aromatic carbocycles. The Hall–Kier alpha value is -1.37. The minimum atomic E-state index is -0.957. The highest BCUT2D eigenvalue weighted by Crippen LogP contribution is 2.61. The third-order valence-electron chi connectivity index (χ3n) is 7.70. The maximum atomic E-state index is 12.6. The van der Waals surface area contributed by atoms with Crippen LogP contribution in [0.1, 0.15) is 51.7 Å². The highest BCUT2D eigenvalue weighted by Gasteiger charge is 2.67. The van der Waals surface area contributed by atoms with Gasteiger partial charge < -0.3 is 24.3 Å². The number of rotatable bonds is 5. The molecule has 6 nitrogen and oxygen atoms in total. The fraction of sp³-hybridized carbons (Fsp3) is 0.762. The van der Waals surface area contributed by atoms with Gasteiger partial charge in [-0.1, -0.05) is 6.92 Å². The number of aliphatic hydroxyl groups is 1. The number of ether oxygens (including phenoxy) is 2. The number of hydrogen-bond donors (Lipinski definition) is 2. The van der Waals surface area contributed by atoms with E-state index in [1.807, 2.05) is 19.1 Å². The van der Waals surface area contributed by atoms with Gasteiger partial charge in [-0.15, -0.1) is 0 Å². The van der Waals surface area contributed by atoms with E-state index in [2.05, 4.69) is 12.2 Å². The summed E-state index contributed by atoms with van der Waals surface area (Å²) in [6.45, 7) is 5.26. The van der Waals surface area contributed by atoms with Crippen LogP contribution in [0.25, 0.3) is 0 Å². The second kappa shape index (κ2) is 6.61. The molecule has 6 atom stereocenters. The summed E-state index contributed by atoms with van der Waals surface area (Å²) in [6, 6.07) is 3.76. The SMILES string of the molecule is CO[C@]1(C)CCC[C@]2(C)C[C@H]3OC(=O)[C@@H](CNCc4ccco4)[C@H]3C[C@@]21O. The van der Waals surface area contributed by atoms with Crippen LogP contribution in [0, 0.1) is 17.3 Å². The van der Waals surface area contributed by atoms with Crippen LogP contribution in [-0.2, 0) is 20.8 Å². The van der Waals surface area contributed by atoms with Crippen molar-refractivity contribution in [3.05, 3.63) is 24.2 Å². The number of fused-ring (bicyclic) bond motifs is 2. The van der Waals surface area contributed by atoms with E-state index in [0.29, 0.717) is 25.9 Å². The second-order valence-electron chi connectivity index (χ2n) is 9.07. The van der Waals surface area contributed by atoms with Gasteiger partial charge in [0, 0.05) is 25.0 Å². The van der Waals surface area contributed by atoms with Crippen LogP contribution in [0.15, 0.2) is 22.8 Å². The summed E-state index contributed by atoms with van der Waals surface area (Å²) in [6.07, 6.45) is 5.56. The van der Waals surface area contributed by atoms with Crippen molar-refractivity contribution in [3.63, 3.8) is 0 Å². The third-order valence-corrected chi connectivity index (χ3v) is 7.70. The highest BCUT2D eigenvalue weighted by atomic mass is 16.6. The summed E-state index contributed by atoms with van der Waals surface area (Å²) in [5.74, 6) is 0.447. The van der Waals surface area contributed by atoms with Crippen LogP contribution in [0.5, 0.6) is 0 Å². The summed E-state index contributed by atoms with van der Waals surface area (Å²) < 4.78 is 17.0. The quantitative estimate of drug-likeness (QED) is 0.768. The van der Waals surface area contributed by atoms with Crippen molar-refractivity contribution in [1.82, 2.24) is 5.32 Å². The van der Waals surface area contributed by atoms with Crippen molar-refractivity contribution in [2.24, 2.45) is 17.3 Å². The summed E-state index contributed by atoms with van der Waals surface area (Å²) in [7, 11) is 1.69. The molecular formula is C21H31NO5. The fourth-order valence-electron chi connectivity index (χ4n) is 5.88. The molecule has 1 aliphatic heterocycles. The number of carbonyl (C=O) groups excluding carboxylic acids is 1. The lowest BCUT2D eigenvalue weighted by molar-refractivity contribution is -0.270. The monoisotopic (exact) mass is 377 g/mol. The third kappa shape index (κ3) is 2.84. The van der Waals surface area contributed by atoms with E-state index >= 15 is 0 Å². The zero-order valence-electron chi connectivity index (χ0n) is 16.5. The van der Waals surface area contributed by atoms with E-state index < -0.39 is 11.2 Å². The van der Waals surface area contributed by atoms with Gasteiger partial charge in [0.1, 0.15) is 11.9 Å². The van der Waals surface area contributed by atoms with Crippen molar-refractivity contribution in [1.29, 1.82) is 0 Å². The van der Waals surface area contributed by atoms with Gasteiger partial charge in [0.15, 0.2) is 0 Å². The minimum Gasteiger partial charge on any atom is -0.468 e. The molecule has 0 radical (unpaired) electrons. The summed E-state index contributed by atoms with van der Waals surface area (Å²) >= 11 is 0. The first kappa shape index (κ1) is 19.0. The van der Waals surface area contributed by atoms with Gasteiger partial charge in [-0.2, -0.15) is 0 Å². The second-order valence-corrected chi connectivity index (χ2v) is 9.07. The molecule has 0 spiro atoms. The van der Waals surface area contributed by atoms with Crippen LogP contribution in [0.2, 0.25) is 0 Å². The van der Waals surface area contributed by atoms with Crippen LogP contribution >= 0.6 is 0 Å². The topological polar surface area (TPSA) is 80.9 Å². The predicted molar refractivity (Wildman–Crippen MR) is 98.8 cm³/mol. The average Bonchev–Trinajstić information content (AvgIpc) is 3.23. The van der Waals surface area contributed by atoms with Gasteiger partial charge in [0.2, 0.25) is 0 Å². The summed E-state index contributed by atoms with van der Waals surface area (Å²) in [5.41, 5.74) is -1.85. The molecule has 1 aromatic rings. The van der Waals surface area contributed by atoms with Crippen LogP contribution in [0.4, 0.5) is 0 Å². The van der Waals surface area contributed by atoms with Crippen LogP contribution < -0.4 is 5.32 Å². The van der Waals surface area contributed by atoms with Crippen LogP contribution in [-0.4, -0.2) is 42.0 Å². The number of hydrogen-bond acceptors (Lipinski definition) is 6. The molecule has 2 aliphatic carbocycles. The molecule has 3 aliphatic rings. The summed E-state index contributed by atoms with van der Waals surface area (Å²) in [5, 5.41) is 15.2. The largest absolute Gasteiger partial charge is 0.468 e. The Kier molecular flexibility index (Phi) is 4.64. The van der Waals surface area contributed by atoms with Gasteiger partial charge in [0.25, 0.3) is 0 Å². The van der Waals surface area contributed by atoms with E-state index in [1.54, 1.807) is 13.4 Å². The van der Waals surface area contributed by atoms with Gasteiger partial charge in [0.05, 0.1) is 29.9 Å². The molecule has 2 heterocycles. The standard InChI is InChI=1S/C21H31NO5/c1-19-7-5-8-20(2,25-3)21(19,24)10-15-16(18(23)27-17(15)11-19)13-22-12-14-6-4-9-26-14/h4,6,9,15-17,22,24H,5,7-8,10-13H2,1-3H3/t15-,16+,17-,19-,20-,21-/m1/s1. The van der Waals surface area contributed by atoms with Crippen molar-refractivity contribution >= 4 is 5.97 Å². The molecule has 27 heavy (non-hydrogen) atoms. The van der Waals surface area contributed by atoms with Gasteiger partial charge in [-0.25, -0.2) is 0 Å². The van der Waals surface area contributed by atoms with E-state index in [-0.39, 0.29) is 29.3 Å².